The minimum absolute atomic E-state index is 0.255. The smallest absolute Gasteiger partial charge is 0.493 e. The highest BCUT2D eigenvalue weighted by Gasteiger charge is 2.29. The molecule has 0 spiro atoms. The van der Waals surface area contributed by atoms with Gasteiger partial charge in [0.2, 0.25) is 0 Å². The average molecular weight is 821 g/mol. The molecule has 0 aliphatic rings. The van der Waals surface area contributed by atoms with E-state index in [2.05, 4.69) is 0 Å². The van der Waals surface area contributed by atoms with E-state index in [0.29, 0.717) is 63.4 Å². The number of methoxy groups -OCH3 is 1. The van der Waals surface area contributed by atoms with Crippen molar-refractivity contribution >= 4 is 47.8 Å². The largest absolute Gasteiger partial charge is 0.530 e. The molecular formula is C44H38O10P2S. The average Bonchev–Trinajstić information content (AvgIpc) is 3.21. The number of carbonyl (C=O) groups excluding carboxylic acids is 3. The molecule has 0 saturated carbocycles. The minimum Gasteiger partial charge on any atom is -0.493 e. The highest BCUT2D eigenvalue weighted by molar-refractivity contribution is 7.99. The molecule has 0 fully saturated rings. The Morgan fingerprint density at radius 2 is 0.772 bits per heavy atom. The Bertz CT molecular complexity index is 2330. The molecule has 0 saturated heterocycles. The molecule has 0 aliphatic heterocycles. The first-order valence-electron chi connectivity index (χ1n) is 17.5. The molecule has 10 nitrogen and oxygen atoms in total. The number of rotatable bonds is 18. The third-order valence-electron chi connectivity index (χ3n) is 8.22. The normalized spacial score (nSPS) is 11.3. The van der Waals surface area contributed by atoms with Gasteiger partial charge in [-0.15, -0.1) is 0 Å². The van der Waals surface area contributed by atoms with E-state index in [0.717, 1.165) is 27.1 Å². The van der Waals surface area contributed by atoms with Gasteiger partial charge in [-0.3, -0.25) is 14.4 Å². The van der Waals surface area contributed by atoms with Gasteiger partial charge in [0.25, 0.3) is 0 Å². The minimum atomic E-state index is -2.29. The lowest BCUT2D eigenvalue weighted by atomic mass is 10.1. The first-order chi connectivity index (χ1) is 27.7. The SMILES string of the molecule is COc1ccccc1OP(Oc1ccccc1C=O)Oc1c(C)cc(C)cc1Sc1cc(C)cc(C)c1OP(Oc1ccccc1C=O)Oc1ccccc1C=O. The summed E-state index contributed by atoms with van der Waals surface area (Å²) in [6.07, 6.45) is 2.09. The molecule has 0 amide bonds. The molecule has 0 aliphatic carbocycles. The zero-order valence-electron chi connectivity index (χ0n) is 31.7. The van der Waals surface area contributed by atoms with Crippen LogP contribution in [0.1, 0.15) is 53.3 Å². The molecule has 0 radical (unpaired) electrons. The lowest BCUT2D eigenvalue weighted by molar-refractivity contribution is 0.111. The van der Waals surface area contributed by atoms with E-state index in [1.807, 2.05) is 64.1 Å². The predicted octanol–water partition coefficient (Wildman–Crippen LogP) is 12.0. The fraction of sp³-hybridized carbons (Fsp3) is 0.114. The molecular weight excluding hydrogens is 782 g/mol. The van der Waals surface area contributed by atoms with Crippen molar-refractivity contribution in [1.82, 2.24) is 0 Å². The van der Waals surface area contributed by atoms with Gasteiger partial charge in [0, 0.05) is 0 Å². The Hall–Kier alpha value is -5.86. The topological polar surface area (TPSA) is 116 Å². The van der Waals surface area contributed by atoms with E-state index in [-0.39, 0.29) is 17.2 Å². The van der Waals surface area contributed by atoms with Crippen LogP contribution in [0.25, 0.3) is 0 Å². The molecule has 1 atom stereocenters. The van der Waals surface area contributed by atoms with E-state index < -0.39 is 17.2 Å². The van der Waals surface area contributed by atoms with Crippen LogP contribution in [-0.4, -0.2) is 26.0 Å². The number of ether oxygens (including phenoxy) is 1. The molecule has 6 aromatic carbocycles. The van der Waals surface area contributed by atoms with Crippen molar-refractivity contribution in [3.05, 3.63) is 160 Å². The second-order valence-corrected chi connectivity index (χ2v) is 15.6. The highest BCUT2D eigenvalue weighted by atomic mass is 32.2. The summed E-state index contributed by atoms with van der Waals surface area (Å²) < 4.78 is 44.1. The Labute approximate surface area is 338 Å². The van der Waals surface area contributed by atoms with Crippen molar-refractivity contribution in [1.29, 1.82) is 0 Å². The van der Waals surface area contributed by atoms with E-state index in [4.69, 9.17) is 31.9 Å². The molecule has 57 heavy (non-hydrogen) atoms. The number of para-hydroxylation sites is 5. The molecule has 0 aromatic heterocycles. The Morgan fingerprint density at radius 1 is 0.439 bits per heavy atom. The number of hydrogen-bond donors (Lipinski definition) is 0. The zero-order valence-corrected chi connectivity index (χ0v) is 34.3. The quantitative estimate of drug-likeness (QED) is 0.0609. The molecule has 0 heterocycles. The molecule has 6 rings (SSSR count). The number of aryl methyl sites for hydroxylation is 4. The summed E-state index contributed by atoms with van der Waals surface area (Å²) in [5.41, 5.74) is 4.46. The lowest BCUT2D eigenvalue weighted by Crippen LogP contribution is -2.07. The third-order valence-corrected chi connectivity index (χ3v) is 11.3. The van der Waals surface area contributed by atoms with Crippen LogP contribution in [-0.2, 0) is 0 Å². The van der Waals surface area contributed by atoms with Crippen LogP contribution in [0, 0.1) is 27.7 Å². The Kier molecular flexibility index (Phi) is 13.8. The van der Waals surface area contributed by atoms with Crippen LogP contribution in [0.3, 0.4) is 0 Å². The number of carbonyl (C=O) groups is 3. The standard InChI is InChI=1S/C44H38O10P2S/c1-29-22-31(3)43(53-55(49-36-17-9-6-14-33(36)26-45)50-37-18-10-7-15-34(37)27-46)41(24-29)57-42-25-30(2)23-32(4)44(42)54-56(51-38-19-11-8-16-35(38)28-47)52-40-21-13-12-20-39(40)48-5/h6-28H,1-5H3. The van der Waals surface area contributed by atoms with Gasteiger partial charge in [-0.05, 0) is 111 Å². The van der Waals surface area contributed by atoms with Crippen LogP contribution in [0.15, 0.2) is 131 Å². The second kappa shape index (κ2) is 19.3. The van der Waals surface area contributed by atoms with Gasteiger partial charge in [0.05, 0.1) is 33.6 Å². The summed E-state index contributed by atoms with van der Waals surface area (Å²) in [6, 6.07) is 35.4. The maximum atomic E-state index is 12.0. The number of hydrogen-bond acceptors (Lipinski definition) is 11. The number of benzene rings is 6. The molecule has 6 aromatic rings. The van der Waals surface area contributed by atoms with Crippen molar-refractivity contribution in [2.75, 3.05) is 7.11 Å². The molecule has 13 heteroatoms. The van der Waals surface area contributed by atoms with Gasteiger partial charge in [0.1, 0.15) is 28.7 Å². The van der Waals surface area contributed by atoms with Crippen molar-refractivity contribution in [3.63, 3.8) is 0 Å². The van der Waals surface area contributed by atoms with Crippen LogP contribution in [0.5, 0.6) is 40.2 Å². The molecule has 1 unspecified atom stereocenters. The van der Waals surface area contributed by atoms with Crippen molar-refractivity contribution < 1.29 is 46.3 Å². The van der Waals surface area contributed by atoms with Crippen molar-refractivity contribution in [3.8, 4) is 40.2 Å². The third kappa shape index (κ3) is 10.3. The van der Waals surface area contributed by atoms with Gasteiger partial charge >= 0.3 is 17.2 Å². The van der Waals surface area contributed by atoms with Crippen molar-refractivity contribution in [2.45, 2.75) is 37.5 Å². The van der Waals surface area contributed by atoms with Gasteiger partial charge in [-0.2, -0.15) is 0 Å². The van der Waals surface area contributed by atoms with Gasteiger partial charge in [-0.1, -0.05) is 72.4 Å². The van der Waals surface area contributed by atoms with E-state index in [9.17, 15) is 14.4 Å². The molecule has 0 N–H and O–H groups in total. The lowest BCUT2D eigenvalue weighted by Gasteiger charge is -2.23. The zero-order chi connectivity index (χ0) is 40.3. The van der Waals surface area contributed by atoms with Gasteiger partial charge < -0.3 is 31.9 Å². The van der Waals surface area contributed by atoms with Crippen LogP contribution >= 0.6 is 29.0 Å². The second-order valence-electron chi connectivity index (χ2n) is 12.5. The Morgan fingerprint density at radius 3 is 1.14 bits per heavy atom. The van der Waals surface area contributed by atoms with Crippen LogP contribution < -0.4 is 31.9 Å². The summed E-state index contributed by atoms with van der Waals surface area (Å²) in [4.78, 5) is 37.3. The van der Waals surface area contributed by atoms with Gasteiger partial charge in [-0.25, -0.2) is 0 Å². The molecule has 290 valence electrons. The van der Waals surface area contributed by atoms with E-state index >= 15 is 0 Å². The summed E-state index contributed by atoms with van der Waals surface area (Å²) >= 11 is 1.39. The highest BCUT2D eigenvalue weighted by Crippen LogP contribution is 2.53. The summed E-state index contributed by atoms with van der Waals surface area (Å²) in [5.74, 6) is 2.60. The first kappa shape index (κ1) is 40.8. The fourth-order valence-corrected chi connectivity index (χ4v) is 9.33. The van der Waals surface area contributed by atoms with Gasteiger partial charge in [0.15, 0.2) is 30.4 Å². The van der Waals surface area contributed by atoms with Crippen molar-refractivity contribution in [2.24, 2.45) is 0 Å². The van der Waals surface area contributed by atoms with E-state index in [1.54, 1.807) is 92.0 Å². The molecule has 0 bridgehead atoms. The fourth-order valence-electron chi connectivity index (χ4n) is 5.59. The number of aldehydes is 3. The summed E-state index contributed by atoms with van der Waals surface area (Å²) in [5, 5.41) is 0. The Balaban J connectivity index is 1.40. The maximum Gasteiger partial charge on any atom is 0.530 e. The maximum absolute atomic E-state index is 12.0. The van der Waals surface area contributed by atoms with Crippen LogP contribution in [0.4, 0.5) is 0 Å². The predicted molar refractivity (Wildman–Crippen MR) is 222 cm³/mol. The van der Waals surface area contributed by atoms with Crippen LogP contribution in [0.2, 0.25) is 0 Å². The van der Waals surface area contributed by atoms with E-state index in [1.165, 1.54) is 11.8 Å². The monoisotopic (exact) mass is 820 g/mol. The summed E-state index contributed by atoms with van der Waals surface area (Å²) in [6.45, 7) is 7.81. The first-order valence-corrected chi connectivity index (χ1v) is 20.5. The summed E-state index contributed by atoms with van der Waals surface area (Å²) in [7, 11) is -2.98.